The number of hydrogen-bond donors (Lipinski definition) is 6. The number of carbonyl (C=O) groups excluding carboxylic acids is 1. The van der Waals surface area contributed by atoms with E-state index < -0.39 is 61.6 Å². The summed E-state index contributed by atoms with van der Waals surface area (Å²) in [5.41, 5.74) is 0.459. The fourth-order valence-electron chi connectivity index (χ4n) is 5.75. The standard InChI is InChI=1S/C32H32N2O12.4Na/c1-17-7-21(9-19(29(17)43)11-33(13-25(35)36)14-26(37)38)32(24-6-4-3-5-23(24)31(45)46-32)22-8-18(2)30(44)20(10-22)12-34(15-27(39)40)16-28(41)42;;;;/h3-10,43-44H,11-16H2,1-2H3,(H,35,36)(H,37,38)(H,39,40)(H,41,42);;;;. The van der Waals surface area contributed by atoms with Gasteiger partial charge in [-0.25, -0.2) is 4.79 Å². The Hall–Kier alpha value is -1.47. The Morgan fingerprint density at radius 2 is 1.00 bits per heavy atom. The zero-order valence-electron chi connectivity index (χ0n) is 28.9. The minimum atomic E-state index is -1.71. The van der Waals surface area contributed by atoms with Crippen LogP contribution in [0.25, 0.3) is 0 Å². The van der Waals surface area contributed by atoms with Crippen molar-refractivity contribution >= 4 is 148 Å². The van der Waals surface area contributed by atoms with Crippen molar-refractivity contribution in [3.05, 3.63) is 93.0 Å². The van der Waals surface area contributed by atoms with Gasteiger partial charge >= 0.3 is 29.8 Å². The molecule has 1 aliphatic heterocycles. The van der Waals surface area contributed by atoms with Crippen LogP contribution < -0.4 is 0 Å². The summed E-state index contributed by atoms with van der Waals surface area (Å²) in [7, 11) is 0. The van der Waals surface area contributed by atoms with Gasteiger partial charge in [0.15, 0.2) is 5.60 Å². The summed E-state index contributed by atoms with van der Waals surface area (Å²) >= 11 is 0. The zero-order chi connectivity index (χ0) is 33.9. The molecular weight excluding hydrogens is 696 g/mol. The Kier molecular flexibility index (Phi) is 20.1. The molecule has 50 heavy (non-hydrogen) atoms. The van der Waals surface area contributed by atoms with Gasteiger partial charge in [-0.1, -0.05) is 18.2 Å². The molecule has 18 heteroatoms. The van der Waals surface area contributed by atoms with E-state index in [0.717, 1.165) is 9.80 Å². The van der Waals surface area contributed by atoms with E-state index in [1.165, 1.54) is 12.1 Å². The first-order valence-electron chi connectivity index (χ1n) is 13.9. The molecule has 0 aromatic heterocycles. The summed E-state index contributed by atoms with van der Waals surface area (Å²) in [6.07, 6.45) is 0. The number of cyclic esters (lactones) is 1. The monoisotopic (exact) mass is 728 g/mol. The zero-order valence-corrected chi connectivity index (χ0v) is 36.9. The quantitative estimate of drug-likeness (QED) is 0.0989. The molecule has 0 fully saturated rings. The molecule has 246 valence electrons. The topological polar surface area (TPSA) is 222 Å². The predicted octanol–water partition coefficient (Wildman–Crippen LogP) is 0.596. The maximum absolute atomic E-state index is 13.3. The molecular formula is C32H32N2Na4O12. The number of aromatic hydroxyl groups is 2. The van der Waals surface area contributed by atoms with Crippen molar-refractivity contribution in [2.24, 2.45) is 0 Å². The van der Waals surface area contributed by atoms with Gasteiger partial charge in [0.05, 0.1) is 31.7 Å². The molecule has 1 aliphatic rings. The van der Waals surface area contributed by atoms with Crippen LogP contribution in [0.2, 0.25) is 0 Å². The van der Waals surface area contributed by atoms with Crippen LogP contribution in [0.3, 0.4) is 0 Å². The van der Waals surface area contributed by atoms with Crippen LogP contribution in [0, 0.1) is 13.8 Å². The minimum Gasteiger partial charge on any atom is -0.507 e. The number of nitrogens with zero attached hydrogens (tertiary/aromatic N) is 2. The third-order valence-corrected chi connectivity index (χ3v) is 7.57. The fraction of sp³-hybridized carbons (Fsp3) is 0.281. The predicted molar refractivity (Wildman–Crippen MR) is 182 cm³/mol. The average molecular weight is 729 g/mol. The molecule has 0 saturated carbocycles. The number of rotatable bonds is 14. The summed E-state index contributed by atoms with van der Waals surface area (Å²) in [5.74, 6) is -6.26. The van der Waals surface area contributed by atoms with E-state index in [2.05, 4.69) is 0 Å². The van der Waals surface area contributed by atoms with Crippen molar-refractivity contribution in [1.82, 2.24) is 9.80 Å². The first kappa shape index (κ1) is 48.5. The van der Waals surface area contributed by atoms with Crippen LogP contribution in [0.5, 0.6) is 11.5 Å². The van der Waals surface area contributed by atoms with Crippen LogP contribution in [-0.2, 0) is 42.6 Å². The number of carboxylic acid groups (broad SMARTS) is 4. The van der Waals surface area contributed by atoms with Gasteiger partial charge in [0.2, 0.25) is 0 Å². The molecule has 0 bridgehead atoms. The summed E-state index contributed by atoms with van der Waals surface area (Å²) in [4.78, 5) is 61.4. The molecule has 0 spiro atoms. The van der Waals surface area contributed by atoms with E-state index in [1.54, 1.807) is 50.2 Å². The number of aryl methyl sites for hydroxylation is 2. The summed E-state index contributed by atoms with van der Waals surface area (Å²) in [6, 6.07) is 12.6. The molecule has 14 nitrogen and oxygen atoms in total. The van der Waals surface area contributed by atoms with Crippen LogP contribution in [-0.4, -0.2) is 215 Å². The Morgan fingerprint density at radius 1 is 0.640 bits per heavy atom. The van der Waals surface area contributed by atoms with E-state index in [9.17, 15) is 54.6 Å². The van der Waals surface area contributed by atoms with Crippen LogP contribution in [0.4, 0.5) is 0 Å². The number of ether oxygens (including phenoxy) is 1. The van der Waals surface area contributed by atoms with Gasteiger partial charge in [-0.2, -0.15) is 0 Å². The number of carboxylic acids is 4. The largest absolute Gasteiger partial charge is 0.507 e. The Bertz CT molecular complexity index is 1630. The molecule has 4 radical (unpaired) electrons. The van der Waals surface area contributed by atoms with Crippen molar-refractivity contribution in [2.75, 3.05) is 26.2 Å². The van der Waals surface area contributed by atoms with Gasteiger partial charge in [-0.15, -0.1) is 0 Å². The van der Waals surface area contributed by atoms with Crippen molar-refractivity contribution in [3.63, 3.8) is 0 Å². The van der Waals surface area contributed by atoms with Gasteiger partial charge in [0.1, 0.15) is 11.5 Å². The summed E-state index contributed by atoms with van der Waals surface area (Å²) in [6.45, 7) is 0.0158. The van der Waals surface area contributed by atoms with Crippen LogP contribution in [0.15, 0.2) is 48.5 Å². The third kappa shape index (κ3) is 11.3. The Balaban J connectivity index is 0.00000600. The van der Waals surface area contributed by atoms with Crippen molar-refractivity contribution < 1.29 is 59.3 Å². The van der Waals surface area contributed by atoms with Gasteiger partial charge < -0.3 is 35.4 Å². The van der Waals surface area contributed by atoms with Gasteiger partial charge in [0.25, 0.3) is 0 Å². The molecule has 3 aromatic carbocycles. The van der Waals surface area contributed by atoms with Crippen LogP contribution >= 0.6 is 0 Å². The number of hydrogen-bond acceptors (Lipinski definition) is 10. The molecule has 6 N–H and O–H groups in total. The van der Waals surface area contributed by atoms with E-state index in [-0.39, 0.29) is 160 Å². The van der Waals surface area contributed by atoms with E-state index >= 15 is 0 Å². The number of aliphatic carboxylic acids is 4. The number of benzene rings is 3. The second-order valence-corrected chi connectivity index (χ2v) is 11.1. The van der Waals surface area contributed by atoms with E-state index in [0.29, 0.717) is 27.8 Å². The Labute approximate surface area is 376 Å². The van der Waals surface area contributed by atoms with Gasteiger partial charge in [0, 0.05) is 159 Å². The molecule has 0 amide bonds. The number of carbonyl (C=O) groups is 5. The maximum atomic E-state index is 13.3. The molecule has 3 aromatic rings. The van der Waals surface area contributed by atoms with Crippen molar-refractivity contribution in [3.8, 4) is 11.5 Å². The third-order valence-electron chi connectivity index (χ3n) is 7.57. The second kappa shape index (κ2) is 20.7. The Morgan fingerprint density at radius 3 is 1.36 bits per heavy atom. The molecule has 4 rings (SSSR count). The van der Waals surface area contributed by atoms with Crippen molar-refractivity contribution in [1.29, 1.82) is 0 Å². The molecule has 0 saturated heterocycles. The number of phenols is 2. The summed E-state index contributed by atoms with van der Waals surface area (Å²) in [5, 5.41) is 59.3. The molecule has 0 aliphatic carbocycles. The normalized spacial score (nSPS) is 12.4. The smallest absolute Gasteiger partial charge is 0.340 e. The van der Waals surface area contributed by atoms with Crippen LogP contribution in [0.1, 0.15) is 49.3 Å². The number of esters is 1. The second-order valence-electron chi connectivity index (χ2n) is 11.1. The first-order valence-corrected chi connectivity index (χ1v) is 13.9. The molecule has 0 atom stereocenters. The van der Waals surface area contributed by atoms with E-state index in [1.807, 2.05) is 0 Å². The van der Waals surface area contributed by atoms with Crippen molar-refractivity contribution in [2.45, 2.75) is 32.5 Å². The fourth-order valence-corrected chi connectivity index (χ4v) is 5.75. The molecule has 1 heterocycles. The molecule has 0 unspecified atom stereocenters. The minimum absolute atomic E-state index is 0. The van der Waals surface area contributed by atoms with Gasteiger partial charge in [-0.3, -0.25) is 29.0 Å². The SMILES string of the molecule is Cc1cc(C2(c3cc(C)c(O)c(CN(CC(=O)O)CC(=O)O)c3)OC(=O)c3ccccc32)cc(CN(CC(=O)O)CC(=O)O)c1O.[Na].[Na].[Na].[Na]. The number of phenolic OH excluding ortho intramolecular Hbond substituents is 2. The first-order chi connectivity index (χ1) is 21.6. The maximum Gasteiger partial charge on any atom is 0.340 e. The summed E-state index contributed by atoms with van der Waals surface area (Å²) < 4.78 is 6.15. The van der Waals surface area contributed by atoms with Gasteiger partial charge in [-0.05, 0) is 55.3 Å². The number of fused-ring (bicyclic) bond motifs is 1. The average Bonchev–Trinajstić information content (AvgIpc) is 3.25. The van der Waals surface area contributed by atoms with E-state index in [4.69, 9.17) is 4.74 Å².